The molecule has 8 nitrogen and oxygen atoms in total. The normalized spacial score (nSPS) is 14.6. The van der Waals surface area contributed by atoms with Crippen molar-refractivity contribution in [1.82, 2.24) is 5.43 Å². The van der Waals surface area contributed by atoms with E-state index in [-0.39, 0.29) is 44.2 Å². The molecule has 14 heteroatoms. The number of para-hydroxylation sites is 1. The SMILES string of the molecule is NS(=O)(=O)c1ccccc1NC(=S)NN=C1C(=O)N(Cc2ccccc2C(F)(F)F)c2cc(Cl)ccc21. The van der Waals surface area contributed by atoms with Gasteiger partial charge in [0.2, 0.25) is 10.0 Å². The minimum atomic E-state index is -4.61. The molecule has 0 aliphatic carbocycles. The molecular formula is C23H17ClF3N5O3S2. The number of primary sulfonamides is 1. The molecule has 1 heterocycles. The summed E-state index contributed by atoms with van der Waals surface area (Å²) in [6.45, 7) is -0.384. The number of nitrogens with zero attached hydrogens (tertiary/aromatic N) is 2. The number of fused-ring (bicyclic) bond motifs is 1. The van der Waals surface area contributed by atoms with Crippen LogP contribution in [0.15, 0.2) is 76.7 Å². The molecule has 0 saturated carbocycles. The topological polar surface area (TPSA) is 117 Å². The number of benzene rings is 3. The van der Waals surface area contributed by atoms with Gasteiger partial charge in [0.1, 0.15) is 4.90 Å². The number of carbonyl (C=O) groups excluding carboxylic acids is 1. The van der Waals surface area contributed by atoms with Gasteiger partial charge in [-0.25, -0.2) is 13.6 Å². The van der Waals surface area contributed by atoms with Crippen LogP contribution < -0.4 is 20.8 Å². The molecule has 0 fully saturated rings. The van der Waals surface area contributed by atoms with Gasteiger partial charge in [-0.3, -0.25) is 10.2 Å². The Labute approximate surface area is 220 Å². The van der Waals surface area contributed by atoms with Crippen LogP contribution in [0, 0.1) is 0 Å². The maximum absolute atomic E-state index is 13.5. The van der Waals surface area contributed by atoms with E-state index in [9.17, 15) is 26.4 Å². The fourth-order valence-electron chi connectivity index (χ4n) is 3.73. The van der Waals surface area contributed by atoms with Crippen molar-refractivity contribution in [2.24, 2.45) is 10.2 Å². The van der Waals surface area contributed by atoms with Crippen LogP contribution in [0.1, 0.15) is 16.7 Å². The van der Waals surface area contributed by atoms with Gasteiger partial charge in [-0.05, 0) is 54.2 Å². The van der Waals surface area contributed by atoms with Crippen molar-refractivity contribution < 1.29 is 26.4 Å². The first-order valence-electron chi connectivity index (χ1n) is 10.4. The zero-order valence-electron chi connectivity index (χ0n) is 18.6. The summed E-state index contributed by atoms with van der Waals surface area (Å²) in [6.07, 6.45) is -4.61. The van der Waals surface area contributed by atoms with Crippen LogP contribution in [-0.4, -0.2) is 25.1 Å². The monoisotopic (exact) mass is 567 g/mol. The van der Waals surface area contributed by atoms with Gasteiger partial charge >= 0.3 is 6.18 Å². The van der Waals surface area contributed by atoms with E-state index in [2.05, 4.69) is 15.8 Å². The number of amides is 1. The summed E-state index contributed by atoms with van der Waals surface area (Å²) in [5.74, 6) is -0.686. The van der Waals surface area contributed by atoms with E-state index in [1.165, 1.54) is 54.6 Å². The second-order valence-corrected chi connectivity index (χ2v) is 10.1. The Morgan fingerprint density at radius 2 is 1.76 bits per heavy atom. The van der Waals surface area contributed by atoms with Crippen LogP contribution in [0.5, 0.6) is 0 Å². The number of hydrogen-bond donors (Lipinski definition) is 3. The number of anilines is 2. The Kier molecular flexibility index (Phi) is 7.24. The highest BCUT2D eigenvalue weighted by atomic mass is 35.5. The molecule has 0 radical (unpaired) electrons. The lowest BCUT2D eigenvalue weighted by Gasteiger charge is -2.20. The molecular weight excluding hydrogens is 551 g/mol. The predicted molar refractivity (Wildman–Crippen MR) is 138 cm³/mol. The largest absolute Gasteiger partial charge is 0.416 e. The highest BCUT2D eigenvalue weighted by Gasteiger charge is 2.38. The Balaban J connectivity index is 1.63. The maximum atomic E-state index is 13.5. The second-order valence-electron chi connectivity index (χ2n) is 7.78. The van der Waals surface area contributed by atoms with Crippen molar-refractivity contribution in [2.45, 2.75) is 17.6 Å². The molecule has 0 saturated heterocycles. The van der Waals surface area contributed by atoms with Gasteiger partial charge in [-0.2, -0.15) is 18.3 Å². The summed E-state index contributed by atoms with van der Waals surface area (Å²) < 4.78 is 64.2. The van der Waals surface area contributed by atoms with E-state index in [0.717, 1.165) is 11.0 Å². The number of thiocarbonyl (C=S) groups is 1. The van der Waals surface area contributed by atoms with Gasteiger partial charge in [0.15, 0.2) is 10.8 Å². The average Bonchev–Trinajstić information content (AvgIpc) is 3.07. The van der Waals surface area contributed by atoms with Gasteiger partial charge < -0.3 is 10.2 Å². The molecule has 0 aromatic heterocycles. The van der Waals surface area contributed by atoms with Crippen LogP contribution in [0.3, 0.4) is 0 Å². The average molecular weight is 568 g/mol. The third-order valence-electron chi connectivity index (χ3n) is 5.32. The molecule has 3 aromatic carbocycles. The number of hydrazone groups is 1. The number of hydrogen-bond acceptors (Lipinski definition) is 5. The number of nitrogens with two attached hydrogens (primary N) is 1. The lowest BCUT2D eigenvalue weighted by Crippen LogP contribution is -2.33. The van der Waals surface area contributed by atoms with Crippen molar-refractivity contribution in [3.63, 3.8) is 0 Å². The highest BCUT2D eigenvalue weighted by molar-refractivity contribution is 7.89. The molecule has 4 N–H and O–H groups in total. The maximum Gasteiger partial charge on any atom is 0.416 e. The fraction of sp³-hybridized carbons (Fsp3) is 0.0870. The van der Waals surface area contributed by atoms with Crippen molar-refractivity contribution in [3.05, 3.63) is 88.4 Å². The number of rotatable bonds is 5. The van der Waals surface area contributed by atoms with Crippen LogP contribution >= 0.6 is 23.8 Å². The molecule has 0 spiro atoms. The molecule has 1 aliphatic rings. The van der Waals surface area contributed by atoms with Crippen LogP contribution in [0.25, 0.3) is 0 Å². The number of alkyl halides is 3. The fourth-order valence-corrected chi connectivity index (χ4v) is 4.74. The van der Waals surface area contributed by atoms with Gasteiger partial charge in [0.05, 0.1) is 23.5 Å². The zero-order chi connectivity index (χ0) is 27.0. The quantitative estimate of drug-likeness (QED) is 0.314. The summed E-state index contributed by atoms with van der Waals surface area (Å²) in [6, 6.07) is 15.2. The zero-order valence-corrected chi connectivity index (χ0v) is 21.0. The number of sulfonamides is 1. The summed E-state index contributed by atoms with van der Waals surface area (Å²) >= 11 is 11.3. The summed E-state index contributed by atoms with van der Waals surface area (Å²) in [5, 5.41) is 12.0. The van der Waals surface area contributed by atoms with Crippen LogP contribution in [0.2, 0.25) is 5.02 Å². The highest BCUT2D eigenvalue weighted by Crippen LogP contribution is 2.36. The summed E-state index contributed by atoms with van der Waals surface area (Å²) in [5.41, 5.74) is 2.04. The smallest absolute Gasteiger partial charge is 0.330 e. The van der Waals surface area contributed by atoms with Crippen molar-refractivity contribution in [3.8, 4) is 0 Å². The number of carbonyl (C=O) groups is 1. The Hall–Kier alpha value is -3.52. The van der Waals surface area contributed by atoms with Crippen LogP contribution in [0.4, 0.5) is 24.5 Å². The van der Waals surface area contributed by atoms with E-state index in [1.807, 2.05) is 0 Å². The number of nitrogens with one attached hydrogen (secondary N) is 2. The second kappa shape index (κ2) is 10.1. The van der Waals surface area contributed by atoms with Crippen molar-refractivity contribution in [1.29, 1.82) is 0 Å². The molecule has 3 aromatic rings. The third kappa shape index (κ3) is 5.74. The molecule has 0 bridgehead atoms. The third-order valence-corrected chi connectivity index (χ3v) is 6.71. The van der Waals surface area contributed by atoms with E-state index < -0.39 is 27.7 Å². The van der Waals surface area contributed by atoms with Crippen LogP contribution in [-0.2, 0) is 27.5 Å². The van der Waals surface area contributed by atoms with Gasteiger partial charge in [-0.1, -0.05) is 41.9 Å². The van der Waals surface area contributed by atoms with Gasteiger partial charge in [0.25, 0.3) is 5.91 Å². The van der Waals surface area contributed by atoms with Gasteiger partial charge in [-0.15, -0.1) is 0 Å². The minimum absolute atomic E-state index is 0.0815. The number of halogens is 4. The molecule has 192 valence electrons. The lowest BCUT2D eigenvalue weighted by atomic mass is 10.1. The molecule has 0 atom stereocenters. The Bertz CT molecular complexity index is 1540. The first kappa shape index (κ1) is 26.5. The van der Waals surface area contributed by atoms with E-state index >= 15 is 0 Å². The standard InChI is InChI=1S/C23H17ClF3N5O3S2/c24-14-9-10-15-18(11-14)32(12-13-5-1-2-6-16(13)23(25,26)27)21(33)20(15)30-31-22(36)29-17-7-3-4-8-19(17)37(28,34)35/h1-11H,12H2,(H2,28,34,35)(H2,29,31,36). The lowest BCUT2D eigenvalue weighted by molar-refractivity contribution is -0.138. The Morgan fingerprint density at radius 3 is 2.46 bits per heavy atom. The summed E-state index contributed by atoms with van der Waals surface area (Å²) in [4.78, 5) is 14.2. The Morgan fingerprint density at radius 1 is 1.08 bits per heavy atom. The molecule has 1 amide bonds. The first-order chi connectivity index (χ1) is 17.4. The van der Waals surface area contributed by atoms with Gasteiger partial charge in [0, 0.05) is 10.6 Å². The predicted octanol–water partition coefficient (Wildman–Crippen LogP) is 4.24. The summed E-state index contributed by atoms with van der Waals surface area (Å²) in [7, 11) is -4.05. The van der Waals surface area contributed by atoms with E-state index in [4.69, 9.17) is 29.0 Å². The first-order valence-corrected chi connectivity index (χ1v) is 12.7. The van der Waals surface area contributed by atoms with E-state index in [1.54, 1.807) is 6.07 Å². The molecule has 0 unspecified atom stereocenters. The molecule has 37 heavy (non-hydrogen) atoms. The minimum Gasteiger partial charge on any atom is -0.330 e. The van der Waals surface area contributed by atoms with E-state index in [0.29, 0.717) is 5.56 Å². The van der Waals surface area contributed by atoms with Crippen molar-refractivity contribution in [2.75, 3.05) is 10.2 Å². The molecule has 4 rings (SSSR count). The van der Waals surface area contributed by atoms with Crippen molar-refractivity contribution >= 4 is 61.9 Å². The molecule has 1 aliphatic heterocycles.